The molecule has 1 aliphatic heterocycles. The molecule has 3 aromatic rings. The number of carbonyl (C=O) groups is 3. The maximum absolute atomic E-state index is 14.5. The first-order valence-corrected chi connectivity index (χ1v) is 13.6. The number of aromatic nitrogens is 2. The first-order valence-electron chi connectivity index (χ1n) is 12.8. The molecule has 43 heavy (non-hydrogen) atoms. The third-order valence-corrected chi connectivity index (χ3v) is 7.00. The molecule has 8 nitrogen and oxygen atoms in total. The lowest BCUT2D eigenvalue weighted by Gasteiger charge is -2.14. The first kappa shape index (κ1) is 31.8. The highest BCUT2D eigenvalue weighted by molar-refractivity contribution is 6.32. The second kappa shape index (κ2) is 13.4. The Bertz CT molecular complexity index is 1620. The van der Waals surface area contributed by atoms with Crippen molar-refractivity contribution >= 4 is 52.7 Å². The van der Waals surface area contributed by atoms with Gasteiger partial charge >= 0.3 is 12.1 Å². The molecule has 0 saturated heterocycles. The lowest BCUT2D eigenvalue weighted by atomic mass is 10.0. The number of amides is 2. The van der Waals surface area contributed by atoms with E-state index in [9.17, 15) is 31.9 Å². The number of rotatable bonds is 5. The van der Waals surface area contributed by atoms with Gasteiger partial charge in [-0.05, 0) is 42.7 Å². The van der Waals surface area contributed by atoms with Crippen molar-refractivity contribution in [1.82, 2.24) is 15.3 Å². The number of allylic oxidation sites excluding steroid dienone is 1. The number of nitrogens with zero attached hydrogens (tertiary/aromatic N) is 1. The largest absolute Gasteiger partial charge is 0.469 e. The van der Waals surface area contributed by atoms with Gasteiger partial charge in [0.25, 0.3) is 0 Å². The quantitative estimate of drug-likeness (QED) is 0.123. The fraction of sp³-hybridized carbons (Fsp3) is 0.241. The third kappa shape index (κ3) is 7.82. The highest BCUT2D eigenvalue weighted by Gasteiger charge is 2.34. The van der Waals surface area contributed by atoms with E-state index >= 15 is 0 Å². The van der Waals surface area contributed by atoms with Crippen LogP contribution in [0.3, 0.4) is 0 Å². The van der Waals surface area contributed by atoms with Crippen molar-refractivity contribution in [3.8, 4) is 11.3 Å². The van der Waals surface area contributed by atoms with Crippen LogP contribution in [0.15, 0.2) is 48.6 Å². The molecule has 2 bridgehead atoms. The van der Waals surface area contributed by atoms with Crippen molar-refractivity contribution in [2.75, 3.05) is 12.4 Å². The van der Waals surface area contributed by atoms with E-state index < -0.39 is 46.1 Å². The second-order valence-corrected chi connectivity index (χ2v) is 10.2. The standard InChI is InChI=1S/C29H24Cl2F4N4O4/c1-43-24(42)14-15-7-8-17-21(13-15)37-22(40)6-4-2-3-5-20(28-38-26(17)27(31)39-28)36-23(41)12-9-16-18(29(33,34)35)10-11-19(30)25(16)32/h2-3,7-13,20H,4-6,14H2,1H3,(H,36,41)(H,37,40)(H,38,39)/b3-2+,12-9+/t20-/m0/s1. The predicted octanol–water partition coefficient (Wildman–Crippen LogP) is 6.81. The number of nitrogens with one attached hydrogen (secondary N) is 3. The molecule has 0 aliphatic carbocycles. The Morgan fingerprint density at radius 3 is 2.67 bits per heavy atom. The summed E-state index contributed by atoms with van der Waals surface area (Å²) in [6.07, 6.45) is 0.646. The number of H-pyrrole nitrogens is 1. The summed E-state index contributed by atoms with van der Waals surface area (Å²) in [6, 6.07) is 5.48. The van der Waals surface area contributed by atoms with Gasteiger partial charge in [0.05, 0.1) is 35.8 Å². The third-order valence-electron chi connectivity index (χ3n) is 6.43. The summed E-state index contributed by atoms with van der Waals surface area (Å²) >= 11 is 12.2. The fourth-order valence-corrected chi connectivity index (χ4v) is 4.74. The summed E-state index contributed by atoms with van der Waals surface area (Å²) in [5.74, 6) is -2.71. The number of imidazole rings is 1. The van der Waals surface area contributed by atoms with Gasteiger partial charge in [0.15, 0.2) is 0 Å². The summed E-state index contributed by atoms with van der Waals surface area (Å²) in [5, 5.41) is 5.01. The van der Waals surface area contributed by atoms with Crippen molar-refractivity contribution in [3.05, 3.63) is 87.1 Å². The first-order chi connectivity index (χ1) is 20.4. The number of methoxy groups -OCH3 is 1. The predicted molar refractivity (Wildman–Crippen MR) is 153 cm³/mol. The van der Waals surface area contributed by atoms with Crippen molar-refractivity contribution in [1.29, 1.82) is 0 Å². The average Bonchev–Trinajstić information content (AvgIpc) is 3.33. The van der Waals surface area contributed by atoms with Gasteiger partial charge in [-0.15, -0.1) is 0 Å². The van der Waals surface area contributed by atoms with E-state index in [1.807, 2.05) is 0 Å². The molecule has 0 unspecified atom stereocenters. The Labute approximate surface area is 253 Å². The molecule has 4 rings (SSSR count). The minimum atomic E-state index is -4.88. The molecule has 226 valence electrons. The van der Waals surface area contributed by atoms with Crippen LogP contribution in [0.4, 0.5) is 23.2 Å². The van der Waals surface area contributed by atoms with E-state index in [2.05, 4.69) is 20.6 Å². The zero-order valence-electron chi connectivity index (χ0n) is 22.4. The van der Waals surface area contributed by atoms with Crippen LogP contribution < -0.4 is 10.6 Å². The van der Waals surface area contributed by atoms with E-state index in [1.165, 1.54) is 7.11 Å². The Balaban J connectivity index is 1.67. The molecular weight excluding hydrogens is 615 g/mol. The highest BCUT2D eigenvalue weighted by atomic mass is 35.5. The van der Waals surface area contributed by atoms with Crippen molar-refractivity contribution in [3.63, 3.8) is 0 Å². The van der Waals surface area contributed by atoms with Gasteiger partial charge in [0, 0.05) is 23.6 Å². The van der Waals surface area contributed by atoms with Crippen molar-refractivity contribution < 1.29 is 36.7 Å². The van der Waals surface area contributed by atoms with Crippen LogP contribution in [-0.4, -0.2) is 34.9 Å². The molecule has 0 fully saturated rings. The van der Waals surface area contributed by atoms with Gasteiger partial charge in [0.2, 0.25) is 11.8 Å². The van der Waals surface area contributed by atoms with E-state index in [0.717, 1.165) is 12.1 Å². The SMILES string of the molecule is COC(=O)Cc1ccc2c(c1)NC(=O)CC/C=C/C[C@H](NC(=O)/C=C/c1c(C(F)(F)F)ccc(Cl)c1F)c1nc-2c(Cl)[nH]1. The monoisotopic (exact) mass is 638 g/mol. The molecule has 3 N–H and O–H groups in total. The lowest BCUT2D eigenvalue weighted by Crippen LogP contribution is -2.27. The fourth-order valence-electron chi connectivity index (χ4n) is 4.33. The summed E-state index contributed by atoms with van der Waals surface area (Å²) in [4.78, 5) is 44.7. The number of hydrogen-bond acceptors (Lipinski definition) is 5. The maximum Gasteiger partial charge on any atom is 0.417 e. The minimum absolute atomic E-state index is 0.0346. The Morgan fingerprint density at radius 2 is 1.95 bits per heavy atom. The molecule has 1 aromatic heterocycles. The molecule has 14 heteroatoms. The summed E-state index contributed by atoms with van der Waals surface area (Å²) in [5.41, 5.74) is -0.574. The Kier molecular flexibility index (Phi) is 9.92. The number of halogens is 6. The molecular formula is C29H24Cl2F4N4O4. The number of carbonyl (C=O) groups excluding carboxylic acids is 3. The average molecular weight is 639 g/mol. The number of benzene rings is 2. The summed E-state index contributed by atoms with van der Waals surface area (Å²) in [7, 11) is 1.26. The van der Waals surface area contributed by atoms with E-state index in [4.69, 9.17) is 27.9 Å². The topological polar surface area (TPSA) is 113 Å². The number of esters is 1. The van der Waals surface area contributed by atoms with Crippen LogP contribution in [0.25, 0.3) is 17.3 Å². The normalized spacial score (nSPS) is 16.3. The van der Waals surface area contributed by atoms with Gasteiger partial charge in [0.1, 0.15) is 22.5 Å². The van der Waals surface area contributed by atoms with Crippen LogP contribution in [0, 0.1) is 5.82 Å². The molecule has 2 amide bonds. The van der Waals surface area contributed by atoms with E-state index in [0.29, 0.717) is 35.4 Å². The Morgan fingerprint density at radius 1 is 1.19 bits per heavy atom. The second-order valence-electron chi connectivity index (χ2n) is 9.43. The summed E-state index contributed by atoms with van der Waals surface area (Å²) in [6.45, 7) is 0. The van der Waals surface area contributed by atoms with Crippen LogP contribution in [-0.2, 0) is 31.7 Å². The number of fused-ring (bicyclic) bond motifs is 4. The van der Waals surface area contributed by atoms with Gasteiger partial charge in [-0.2, -0.15) is 13.2 Å². The van der Waals surface area contributed by atoms with Gasteiger partial charge in [-0.25, -0.2) is 9.37 Å². The van der Waals surface area contributed by atoms with Gasteiger partial charge < -0.3 is 20.4 Å². The van der Waals surface area contributed by atoms with E-state index in [1.54, 1.807) is 30.4 Å². The molecule has 1 atom stereocenters. The molecule has 2 heterocycles. The van der Waals surface area contributed by atoms with Crippen LogP contribution in [0.2, 0.25) is 10.2 Å². The molecule has 0 saturated carbocycles. The van der Waals surface area contributed by atoms with Crippen molar-refractivity contribution in [2.45, 2.75) is 37.9 Å². The van der Waals surface area contributed by atoms with Crippen molar-refractivity contribution in [2.24, 2.45) is 0 Å². The minimum Gasteiger partial charge on any atom is -0.469 e. The van der Waals surface area contributed by atoms with E-state index in [-0.39, 0.29) is 41.8 Å². The van der Waals surface area contributed by atoms with Gasteiger partial charge in [-0.1, -0.05) is 47.5 Å². The number of anilines is 1. The number of hydrogen-bond donors (Lipinski definition) is 3. The zero-order valence-corrected chi connectivity index (χ0v) is 24.0. The number of ether oxygens (including phenoxy) is 1. The smallest absolute Gasteiger partial charge is 0.417 e. The molecule has 0 spiro atoms. The molecule has 0 radical (unpaired) electrons. The Hall–Kier alpha value is -4.16. The molecule has 1 aliphatic rings. The van der Waals surface area contributed by atoms with Crippen LogP contribution >= 0.6 is 23.2 Å². The van der Waals surface area contributed by atoms with Gasteiger partial charge in [-0.3, -0.25) is 14.4 Å². The molecule has 2 aromatic carbocycles. The number of alkyl halides is 3. The zero-order chi connectivity index (χ0) is 31.3. The number of aromatic amines is 1. The van der Waals surface area contributed by atoms with Crippen LogP contribution in [0.1, 0.15) is 47.8 Å². The van der Waals surface area contributed by atoms with Crippen LogP contribution in [0.5, 0.6) is 0 Å². The summed E-state index contributed by atoms with van der Waals surface area (Å²) < 4.78 is 59.5. The lowest BCUT2D eigenvalue weighted by molar-refractivity contribution is -0.140. The highest BCUT2D eigenvalue weighted by Crippen LogP contribution is 2.37. The maximum atomic E-state index is 14.5.